The van der Waals surface area contributed by atoms with Crippen molar-refractivity contribution < 1.29 is 4.74 Å². The Morgan fingerprint density at radius 3 is 2.48 bits per heavy atom. The molecular formula is C18H24N2O. The Morgan fingerprint density at radius 2 is 1.86 bits per heavy atom. The van der Waals surface area contributed by atoms with Crippen LogP contribution in [0.1, 0.15) is 43.0 Å². The summed E-state index contributed by atoms with van der Waals surface area (Å²) in [6.45, 7) is 11.0. The highest BCUT2D eigenvalue weighted by Gasteiger charge is 2.20. The predicted octanol–water partition coefficient (Wildman–Crippen LogP) is 4.25. The summed E-state index contributed by atoms with van der Waals surface area (Å²) in [4.78, 5) is 4.36. The first-order valence-corrected chi connectivity index (χ1v) is 7.26. The van der Waals surface area contributed by atoms with E-state index in [-0.39, 0.29) is 5.41 Å². The second-order valence-electron chi connectivity index (χ2n) is 6.47. The average molecular weight is 284 g/mol. The molecule has 0 radical (unpaired) electrons. The molecule has 3 heteroatoms. The molecule has 1 heterocycles. The van der Waals surface area contributed by atoms with Crippen LogP contribution in [0.3, 0.4) is 0 Å². The molecular weight excluding hydrogens is 260 g/mol. The van der Waals surface area contributed by atoms with Gasteiger partial charge >= 0.3 is 0 Å². The number of pyridine rings is 1. The molecule has 1 aromatic heterocycles. The minimum atomic E-state index is 0.00966. The molecule has 0 fully saturated rings. The van der Waals surface area contributed by atoms with Crippen molar-refractivity contribution in [2.75, 3.05) is 0 Å². The summed E-state index contributed by atoms with van der Waals surface area (Å²) < 4.78 is 6.13. The maximum Gasteiger partial charge on any atom is 0.223 e. The standard InChI is InChI=1S/C18H24N2O/c1-12-6-7-15(18(3,4)5)16(10-12)21-17-14(11-19)13(2)8-9-20-17/h6-10H,11,19H2,1-5H3. The number of hydrogen-bond donors (Lipinski definition) is 1. The van der Waals surface area contributed by atoms with Gasteiger partial charge in [0.2, 0.25) is 5.88 Å². The lowest BCUT2D eigenvalue weighted by molar-refractivity contribution is 0.434. The molecule has 2 aromatic rings. The predicted molar refractivity (Wildman–Crippen MR) is 86.8 cm³/mol. The van der Waals surface area contributed by atoms with Crippen LogP contribution < -0.4 is 10.5 Å². The molecule has 3 nitrogen and oxygen atoms in total. The Morgan fingerprint density at radius 1 is 1.14 bits per heavy atom. The van der Waals surface area contributed by atoms with Gasteiger partial charge in [-0.25, -0.2) is 4.98 Å². The summed E-state index contributed by atoms with van der Waals surface area (Å²) in [6, 6.07) is 8.25. The fraction of sp³-hybridized carbons (Fsp3) is 0.389. The van der Waals surface area contributed by atoms with Crippen LogP contribution in [0.15, 0.2) is 30.5 Å². The highest BCUT2D eigenvalue weighted by molar-refractivity contribution is 5.45. The molecule has 0 atom stereocenters. The maximum atomic E-state index is 6.13. The van der Waals surface area contributed by atoms with E-state index in [1.54, 1.807) is 6.20 Å². The maximum absolute atomic E-state index is 6.13. The average Bonchev–Trinajstić information content (AvgIpc) is 2.37. The number of aryl methyl sites for hydroxylation is 2. The Hall–Kier alpha value is -1.87. The van der Waals surface area contributed by atoms with E-state index in [1.807, 2.05) is 13.0 Å². The van der Waals surface area contributed by atoms with Gasteiger partial charge in [-0.3, -0.25) is 0 Å². The van der Waals surface area contributed by atoms with E-state index in [1.165, 1.54) is 11.1 Å². The Balaban J connectivity index is 2.49. The van der Waals surface area contributed by atoms with E-state index in [9.17, 15) is 0 Å². The van der Waals surface area contributed by atoms with Crippen molar-refractivity contribution in [1.82, 2.24) is 4.98 Å². The van der Waals surface area contributed by atoms with Crippen LogP contribution in [0, 0.1) is 13.8 Å². The first-order chi connectivity index (χ1) is 9.82. The lowest BCUT2D eigenvalue weighted by Crippen LogP contribution is -2.13. The number of benzene rings is 1. The molecule has 2 rings (SSSR count). The zero-order chi connectivity index (χ0) is 15.6. The Bertz CT molecular complexity index is 642. The molecule has 2 N–H and O–H groups in total. The first kappa shape index (κ1) is 15.5. The molecule has 112 valence electrons. The van der Waals surface area contributed by atoms with Crippen molar-refractivity contribution in [3.63, 3.8) is 0 Å². The summed E-state index contributed by atoms with van der Waals surface area (Å²) in [5.74, 6) is 1.46. The molecule has 21 heavy (non-hydrogen) atoms. The summed E-state index contributed by atoms with van der Waals surface area (Å²) in [6.07, 6.45) is 1.76. The van der Waals surface area contributed by atoms with Crippen LogP contribution in [-0.2, 0) is 12.0 Å². The van der Waals surface area contributed by atoms with E-state index in [4.69, 9.17) is 10.5 Å². The number of rotatable bonds is 3. The fourth-order valence-electron chi connectivity index (χ4n) is 2.34. The van der Waals surface area contributed by atoms with Crippen molar-refractivity contribution in [2.45, 2.75) is 46.6 Å². The summed E-state index contributed by atoms with van der Waals surface area (Å²) >= 11 is 0. The van der Waals surface area contributed by atoms with Gasteiger partial charge in [-0.1, -0.05) is 32.9 Å². The van der Waals surface area contributed by atoms with Crippen molar-refractivity contribution in [3.05, 3.63) is 52.7 Å². The van der Waals surface area contributed by atoms with Crippen molar-refractivity contribution in [2.24, 2.45) is 5.73 Å². The molecule has 0 bridgehead atoms. The van der Waals surface area contributed by atoms with Crippen LogP contribution >= 0.6 is 0 Å². The van der Waals surface area contributed by atoms with Gasteiger partial charge in [-0.2, -0.15) is 0 Å². The highest BCUT2D eigenvalue weighted by Crippen LogP contribution is 2.35. The van der Waals surface area contributed by atoms with Gasteiger partial charge in [-0.15, -0.1) is 0 Å². The lowest BCUT2D eigenvalue weighted by atomic mass is 9.86. The molecule has 0 unspecified atom stereocenters. The number of nitrogens with two attached hydrogens (primary N) is 1. The van der Waals surface area contributed by atoms with Crippen LogP contribution in [0.25, 0.3) is 0 Å². The van der Waals surface area contributed by atoms with Gasteiger partial charge in [0, 0.05) is 23.9 Å². The van der Waals surface area contributed by atoms with E-state index >= 15 is 0 Å². The molecule has 0 saturated heterocycles. The zero-order valence-corrected chi connectivity index (χ0v) is 13.5. The van der Waals surface area contributed by atoms with Crippen LogP contribution in [0.2, 0.25) is 0 Å². The smallest absolute Gasteiger partial charge is 0.223 e. The zero-order valence-electron chi connectivity index (χ0n) is 13.5. The second kappa shape index (κ2) is 5.86. The van der Waals surface area contributed by atoms with Gasteiger partial charge in [0.1, 0.15) is 5.75 Å². The largest absolute Gasteiger partial charge is 0.438 e. The van der Waals surface area contributed by atoms with E-state index in [2.05, 4.69) is 50.9 Å². The summed E-state index contributed by atoms with van der Waals surface area (Å²) in [5.41, 5.74) is 10.2. The van der Waals surface area contributed by atoms with Gasteiger partial charge in [0.25, 0.3) is 0 Å². The first-order valence-electron chi connectivity index (χ1n) is 7.26. The minimum absolute atomic E-state index is 0.00966. The third-order valence-corrected chi connectivity index (χ3v) is 3.61. The van der Waals surface area contributed by atoms with Crippen molar-refractivity contribution >= 4 is 0 Å². The molecule has 0 aliphatic heterocycles. The van der Waals surface area contributed by atoms with Gasteiger partial charge < -0.3 is 10.5 Å². The quantitative estimate of drug-likeness (QED) is 0.916. The topological polar surface area (TPSA) is 48.1 Å². The van der Waals surface area contributed by atoms with Crippen molar-refractivity contribution in [3.8, 4) is 11.6 Å². The molecule has 0 spiro atoms. The number of ether oxygens (including phenoxy) is 1. The molecule has 0 aliphatic carbocycles. The third-order valence-electron chi connectivity index (χ3n) is 3.61. The van der Waals surface area contributed by atoms with Crippen LogP contribution in [-0.4, -0.2) is 4.98 Å². The van der Waals surface area contributed by atoms with E-state index in [0.717, 1.165) is 16.9 Å². The minimum Gasteiger partial charge on any atom is -0.438 e. The molecule has 0 saturated carbocycles. The lowest BCUT2D eigenvalue weighted by Gasteiger charge is -2.23. The van der Waals surface area contributed by atoms with Crippen LogP contribution in [0.5, 0.6) is 11.6 Å². The fourth-order valence-corrected chi connectivity index (χ4v) is 2.34. The van der Waals surface area contributed by atoms with E-state index in [0.29, 0.717) is 12.4 Å². The SMILES string of the molecule is Cc1ccc(C(C)(C)C)c(Oc2nccc(C)c2CN)c1. The summed E-state index contributed by atoms with van der Waals surface area (Å²) in [7, 11) is 0. The van der Waals surface area contributed by atoms with Gasteiger partial charge in [0.05, 0.1) is 0 Å². The number of aromatic nitrogens is 1. The second-order valence-corrected chi connectivity index (χ2v) is 6.47. The normalized spacial score (nSPS) is 11.5. The highest BCUT2D eigenvalue weighted by atomic mass is 16.5. The van der Waals surface area contributed by atoms with Gasteiger partial charge in [-0.05, 0) is 42.5 Å². The Labute approximate surface area is 127 Å². The monoisotopic (exact) mass is 284 g/mol. The van der Waals surface area contributed by atoms with Gasteiger partial charge in [0.15, 0.2) is 0 Å². The molecule has 0 aliphatic rings. The molecule has 0 amide bonds. The number of hydrogen-bond acceptors (Lipinski definition) is 3. The molecule has 1 aromatic carbocycles. The van der Waals surface area contributed by atoms with Crippen LogP contribution in [0.4, 0.5) is 0 Å². The van der Waals surface area contributed by atoms with Crippen molar-refractivity contribution in [1.29, 1.82) is 0 Å². The van der Waals surface area contributed by atoms with E-state index < -0.39 is 0 Å². The summed E-state index contributed by atoms with van der Waals surface area (Å²) in [5, 5.41) is 0. The Kier molecular flexibility index (Phi) is 4.33. The third kappa shape index (κ3) is 3.42. The number of nitrogens with zero attached hydrogens (tertiary/aromatic N) is 1.